The third kappa shape index (κ3) is 7.21. The van der Waals surface area contributed by atoms with E-state index < -0.39 is 12.7 Å². The van der Waals surface area contributed by atoms with Crippen molar-refractivity contribution in [2.24, 2.45) is 0 Å². The van der Waals surface area contributed by atoms with Crippen LogP contribution in [0.2, 0.25) is 0 Å². The summed E-state index contributed by atoms with van der Waals surface area (Å²) in [7, 11) is 3.23. The Labute approximate surface area is 286 Å². The smallest absolute Gasteiger partial charge is 0.229 e. The van der Waals surface area contributed by atoms with Gasteiger partial charge in [-0.1, -0.05) is 0 Å². The van der Waals surface area contributed by atoms with Gasteiger partial charge < -0.3 is 39.2 Å². The van der Waals surface area contributed by atoms with E-state index in [1.165, 1.54) is 31.6 Å². The van der Waals surface area contributed by atoms with E-state index in [4.69, 9.17) is 19.2 Å². The summed E-state index contributed by atoms with van der Waals surface area (Å²) in [5, 5.41) is 7.33. The highest BCUT2D eigenvalue weighted by atomic mass is 79.9. The fraction of sp³-hybridized carbons (Fsp3) is 0.529. The fourth-order valence-corrected chi connectivity index (χ4v) is 8.24. The lowest BCUT2D eigenvalue weighted by molar-refractivity contribution is 0.0188. The molecule has 2 aromatic carbocycles. The predicted molar refractivity (Wildman–Crippen MR) is 194 cm³/mol. The number of piperidine rings is 1. The lowest BCUT2D eigenvalue weighted by atomic mass is 9.96. The molecule has 0 spiro atoms. The number of likely N-dealkylation sites (tertiary alicyclic amines) is 1. The number of halogens is 1. The maximum Gasteiger partial charge on any atom is 0.229 e. The second-order valence-electron chi connectivity index (χ2n) is 14.1. The number of nitrogens with one attached hydrogen (secondary N) is 2. The molecular weight excluding hydrogens is 681 g/mol. The molecule has 2 saturated heterocycles. The van der Waals surface area contributed by atoms with E-state index >= 15 is 0 Å². The number of nitrogens with zero attached hydrogens (tertiary/aromatic N) is 5. The van der Waals surface area contributed by atoms with Crippen molar-refractivity contribution in [3.05, 3.63) is 40.5 Å². The first-order valence-electron chi connectivity index (χ1n) is 16.2. The Kier molecular flexibility index (Phi) is 9.43. The lowest BCUT2D eigenvalue weighted by Crippen LogP contribution is -2.62. The molecule has 0 saturated carbocycles. The van der Waals surface area contributed by atoms with Gasteiger partial charge >= 0.3 is 0 Å². The van der Waals surface area contributed by atoms with E-state index in [0.717, 1.165) is 30.1 Å². The number of likely N-dealkylation sites (N-methyl/N-ethyl adjacent to an activating group) is 1. The molecule has 4 heterocycles. The van der Waals surface area contributed by atoms with Crippen LogP contribution in [0, 0.1) is 6.92 Å². The third-order valence-corrected chi connectivity index (χ3v) is 11.4. The normalized spacial score (nSPS) is 18.6. The number of fused-ring (bicyclic) bond motifs is 1. The van der Waals surface area contributed by atoms with Crippen LogP contribution < -0.4 is 35.0 Å². The zero-order valence-electron chi connectivity index (χ0n) is 28.7. The molecule has 254 valence electrons. The Hall–Kier alpha value is -3.05. The van der Waals surface area contributed by atoms with Gasteiger partial charge in [0, 0.05) is 56.2 Å². The van der Waals surface area contributed by atoms with Gasteiger partial charge in [-0.05, 0) is 101 Å². The van der Waals surface area contributed by atoms with Gasteiger partial charge in [0.15, 0.2) is 11.5 Å². The fourth-order valence-electron chi connectivity index (χ4n) is 6.59. The highest BCUT2D eigenvalue weighted by Crippen LogP contribution is 2.48. The van der Waals surface area contributed by atoms with Gasteiger partial charge in [-0.2, -0.15) is 4.98 Å². The molecule has 2 fully saturated rings. The molecular formula is C34H47BrN7O4P. The second-order valence-corrected chi connectivity index (χ2v) is 18.1. The molecule has 0 aliphatic carbocycles. The third-order valence-electron chi connectivity index (χ3n) is 9.29. The van der Waals surface area contributed by atoms with Crippen molar-refractivity contribution in [1.29, 1.82) is 0 Å². The van der Waals surface area contributed by atoms with Crippen LogP contribution in [-0.2, 0) is 4.57 Å². The summed E-state index contributed by atoms with van der Waals surface area (Å²) in [4.78, 5) is 16.8. The van der Waals surface area contributed by atoms with E-state index in [-0.39, 0.29) is 0 Å². The van der Waals surface area contributed by atoms with Crippen molar-refractivity contribution >= 4 is 57.2 Å². The largest absolute Gasteiger partial charge is 0.494 e. The van der Waals surface area contributed by atoms with Crippen LogP contribution in [0.15, 0.2) is 34.9 Å². The molecule has 0 bridgehead atoms. The molecule has 0 atom stereocenters. The van der Waals surface area contributed by atoms with Gasteiger partial charge in [-0.25, -0.2) is 4.98 Å². The lowest BCUT2D eigenvalue weighted by Gasteiger charge is -2.49. The molecule has 3 aliphatic rings. The van der Waals surface area contributed by atoms with E-state index in [2.05, 4.69) is 79.4 Å². The van der Waals surface area contributed by atoms with E-state index in [1.54, 1.807) is 26.6 Å². The van der Waals surface area contributed by atoms with Crippen LogP contribution in [0.5, 0.6) is 17.2 Å². The maximum atomic E-state index is 13.6. The number of hydrogen-bond donors (Lipinski definition) is 2. The molecule has 0 amide bonds. The van der Waals surface area contributed by atoms with Crippen molar-refractivity contribution in [3.8, 4) is 17.2 Å². The Bertz CT molecular complexity index is 1680. The molecule has 3 aromatic rings. The van der Waals surface area contributed by atoms with Crippen LogP contribution in [0.4, 0.5) is 28.8 Å². The number of anilines is 5. The molecule has 0 radical (unpaired) electrons. The van der Waals surface area contributed by atoms with E-state index in [0.29, 0.717) is 57.4 Å². The van der Waals surface area contributed by atoms with E-state index in [9.17, 15) is 4.57 Å². The highest BCUT2D eigenvalue weighted by Gasteiger charge is 2.36. The molecule has 47 heavy (non-hydrogen) atoms. The van der Waals surface area contributed by atoms with Gasteiger partial charge in [0.1, 0.15) is 30.9 Å². The van der Waals surface area contributed by atoms with Crippen LogP contribution in [0.25, 0.3) is 0 Å². The summed E-state index contributed by atoms with van der Waals surface area (Å²) < 4.78 is 32.4. The van der Waals surface area contributed by atoms with Crippen LogP contribution in [0.1, 0.15) is 32.3 Å². The first-order valence-corrected chi connectivity index (χ1v) is 19.6. The van der Waals surface area contributed by atoms with Gasteiger partial charge in [0.25, 0.3) is 0 Å². The first-order chi connectivity index (χ1) is 22.2. The minimum absolute atomic E-state index is 0.393. The Morgan fingerprint density at radius 2 is 1.83 bits per heavy atom. The quantitative estimate of drug-likeness (QED) is 0.252. The van der Waals surface area contributed by atoms with Crippen LogP contribution in [0.3, 0.4) is 0 Å². The summed E-state index contributed by atoms with van der Waals surface area (Å²) in [5.74, 6) is 2.72. The topological polar surface area (TPSA) is 104 Å². The van der Waals surface area contributed by atoms with Gasteiger partial charge in [-0.15, -0.1) is 0 Å². The summed E-state index contributed by atoms with van der Waals surface area (Å²) in [5.41, 5.74) is 3.22. The zero-order valence-corrected chi connectivity index (χ0v) is 31.2. The minimum atomic E-state index is -2.80. The monoisotopic (exact) mass is 727 g/mol. The van der Waals surface area contributed by atoms with Crippen LogP contribution >= 0.6 is 23.1 Å². The minimum Gasteiger partial charge on any atom is -0.494 e. The number of hydrogen-bond acceptors (Lipinski definition) is 11. The summed E-state index contributed by atoms with van der Waals surface area (Å²) >= 11 is 3.59. The van der Waals surface area contributed by atoms with Gasteiger partial charge in [-0.3, -0.25) is 4.90 Å². The summed E-state index contributed by atoms with van der Waals surface area (Å²) in [6.07, 6.45) is 4.02. The molecule has 6 rings (SSSR count). The molecule has 2 N–H and O–H groups in total. The number of benzene rings is 2. The molecule has 3 aliphatic heterocycles. The zero-order chi connectivity index (χ0) is 33.7. The average Bonchev–Trinajstić information content (AvgIpc) is 2.97. The Morgan fingerprint density at radius 3 is 2.49 bits per heavy atom. The number of aromatic nitrogens is 2. The first kappa shape index (κ1) is 33.8. The number of methoxy groups -OCH3 is 1. The van der Waals surface area contributed by atoms with E-state index in [1.807, 2.05) is 26.0 Å². The van der Waals surface area contributed by atoms with Crippen molar-refractivity contribution in [2.45, 2.75) is 51.3 Å². The summed E-state index contributed by atoms with van der Waals surface area (Å²) in [6.45, 7) is 14.3. The van der Waals surface area contributed by atoms with Crippen molar-refractivity contribution in [3.63, 3.8) is 0 Å². The number of aryl methyl sites for hydroxylation is 1. The van der Waals surface area contributed by atoms with Gasteiger partial charge in [0.05, 0.1) is 28.3 Å². The second kappa shape index (κ2) is 13.1. The number of rotatable bonds is 9. The van der Waals surface area contributed by atoms with Crippen LogP contribution in [-0.4, -0.2) is 105 Å². The summed E-state index contributed by atoms with van der Waals surface area (Å²) in [6, 6.07) is 9.25. The van der Waals surface area contributed by atoms with Crippen molar-refractivity contribution < 1.29 is 18.8 Å². The molecule has 13 heteroatoms. The van der Waals surface area contributed by atoms with Crippen molar-refractivity contribution in [2.75, 3.05) is 82.9 Å². The average molecular weight is 729 g/mol. The standard InChI is InChI=1S/C34H47BrN7O4P/c1-21-15-26(29(44-6)16-27(21)41-13-11-22(12-14-41)42-18-23(19-42)40(4)5)38-33-36-17-24(35)32(39-33)37-25-9-10-28-30(31(25)47(7,8)43)46-34(2,3)20-45-28/h9-10,15-17,22-23H,11-14,18-20H2,1-8H3,(H2,36,37,38,39). The predicted octanol–water partition coefficient (Wildman–Crippen LogP) is 6.06. The SMILES string of the molecule is COc1cc(N2CCC(N3CC(N(C)C)C3)CC2)c(C)cc1Nc1ncc(Br)c(Nc2ccc3c(c2P(C)(C)=O)OC(C)(C)CO3)n1. The number of ether oxygens (including phenoxy) is 3. The molecule has 11 nitrogen and oxygen atoms in total. The molecule has 0 unspecified atom stereocenters. The Balaban J connectivity index is 1.20. The highest BCUT2D eigenvalue weighted by molar-refractivity contribution is 9.10. The maximum absolute atomic E-state index is 13.6. The Morgan fingerprint density at radius 1 is 1.11 bits per heavy atom. The van der Waals surface area contributed by atoms with Gasteiger partial charge in [0.2, 0.25) is 5.95 Å². The molecule has 1 aromatic heterocycles. The van der Waals surface area contributed by atoms with Crippen molar-refractivity contribution in [1.82, 2.24) is 19.8 Å².